The summed E-state index contributed by atoms with van der Waals surface area (Å²) in [5.74, 6) is 0.411. The molecule has 0 spiro atoms. The van der Waals surface area contributed by atoms with Gasteiger partial charge in [-0.05, 0) is 49.6 Å². The second kappa shape index (κ2) is 8.51. The first kappa shape index (κ1) is 20.6. The molecule has 8 heteroatoms. The van der Waals surface area contributed by atoms with Gasteiger partial charge in [0.2, 0.25) is 5.91 Å². The van der Waals surface area contributed by atoms with Crippen molar-refractivity contribution in [2.75, 3.05) is 18.0 Å². The number of amides is 1. The van der Waals surface area contributed by atoms with Crippen molar-refractivity contribution in [3.63, 3.8) is 0 Å². The number of nitrogens with one attached hydrogen (secondary N) is 1. The normalized spacial score (nSPS) is 16.7. The van der Waals surface area contributed by atoms with Crippen LogP contribution in [0.25, 0.3) is 0 Å². The molecule has 150 valence electrons. The molecule has 1 fully saturated rings. The Bertz CT molecular complexity index is 801. The lowest BCUT2D eigenvalue weighted by molar-refractivity contribution is -0.137. The number of piperidine rings is 1. The average molecular weight is 456 g/mol. The van der Waals surface area contributed by atoms with E-state index in [9.17, 15) is 18.0 Å². The monoisotopic (exact) mass is 455 g/mol. The van der Waals surface area contributed by atoms with E-state index in [1.165, 1.54) is 6.07 Å². The van der Waals surface area contributed by atoms with Crippen LogP contribution in [0.1, 0.15) is 36.9 Å². The third-order valence-electron chi connectivity index (χ3n) is 4.99. The number of carbonyl (C=O) groups excluding carboxylic acids is 1. The summed E-state index contributed by atoms with van der Waals surface area (Å²) in [6, 6.07) is 10.2. The summed E-state index contributed by atoms with van der Waals surface area (Å²) in [6.45, 7) is 3.12. The fraction of sp³-hybridized carbons (Fsp3) is 0.400. The Morgan fingerprint density at radius 1 is 1.18 bits per heavy atom. The topological polar surface area (TPSA) is 45.2 Å². The fourth-order valence-corrected chi connectivity index (χ4v) is 3.54. The first-order chi connectivity index (χ1) is 13.2. The lowest BCUT2D eigenvalue weighted by Gasteiger charge is -2.32. The molecular weight excluding hydrogens is 435 g/mol. The van der Waals surface area contributed by atoms with E-state index in [1.54, 1.807) is 0 Å². The maximum absolute atomic E-state index is 12.6. The quantitative estimate of drug-likeness (QED) is 0.708. The molecule has 1 atom stereocenters. The number of aromatic nitrogens is 1. The molecule has 4 nitrogen and oxygen atoms in total. The highest BCUT2D eigenvalue weighted by atomic mass is 79.9. The molecule has 1 aliphatic rings. The van der Waals surface area contributed by atoms with E-state index < -0.39 is 11.7 Å². The van der Waals surface area contributed by atoms with E-state index in [1.807, 2.05) is 36.1 Å². The van der Waals surface area contributed by atoms with Crippen LogP contribution in [0, 0.1) is 5.92 Å². The Morgan fingerprint density at radius 3 is 2.36 bits per heavy atom. The third kappa shape index (κ3) is 5.04. The molecule has 1 aliphatic heterocycles. The van der Waals surface area contributed by atoms with Gasteiger partial charge in [0.05, 0.1) is 11.6 Å². The van der Waals surface area contributed by atoms with E-state index in [0.717, 1.165) is 22.3 Å². The van der Waals surface area contributed by atoms with Crippen LogP contribution >= 0.6 is 15.9 Å². The average Bonchev–Trinajstić information content (AvgIpc) is 2.68. The molecule has 3 rings (SSSR count). The fourth-order valence-electron chi connectivity index (χ4n) is 3.28. The molecule has 0 saturated carbocycles. The van der Waals surface area contributed by atoms with Crippen LogP contribution in [-0.2, 0) is 11.0 Å². The minimum Gasteiger partial charge on any atom is -0.357 e. The van der Waals surface area contributed by atoms with Crippen LogP contribution in [0.5, 0.6) is 0 Å². The van der Waals surface area contributed by atoms with Crippen molar-refractivity contribution < 1.29 is 18.0 Å². The van der Waals surface area contributed by atoms with Crippen molar-refractivity contribution in [2.45, 2.75) is 32.0 Å². The van der Waals surface area contributed by atoms with Gasteiger partial charge in [-0.15, -0.1) is 0 Å². The van der Waals surface area contributed by atoms with Gasteiger partial charge in [0.1, 0.15) is 5.82 Å². The number of pyridine rings is 1. The molecule has 1 aromatic heterocycles. The number of hydrogen-bond donors (Lipinski definition) is 1. The van der Waals surface area contributed by atoms with Crippen molar-refractivity contribution in [1.29, 1.82) is 0 Å². The largest absolute Gasteiger partial charge is 0.417 e. The standard InChI is InChI=1S/C20H21BrF3N3O/c1-13(14-2-5-17(21)6-3-14)26-19(28)15-8-10-27(11-9-15)18-7-4-16(12-25-18)20(22,23)24/h2-7,12-13,15H,8-11H2,1H3,(H,26,28). The maximum Gasteiger partial charge on any atom is 0.417 e. The predicted molar refractivity (Wildman–Crippen MR) is 105 cm³/mol. The Morgan fingerprint density at radius 2 is 1.82 bits per heavy atom. The van der Waals surface area contributed by atoms with Crippen molar-refractivity contribution in [3.05, 3.63) is 58.2 Å². The summed E-state index contributed by atoms with van der Waals surface area (Å²) in [6.07, 6.45) is -2.25. The van der Waals surface area contributed by atoms with Gasteiger partial charge in [-0.3, -0.25) is 4.79 Å². The van der Waals surface area contributed by atoms with Crippen molar-refractivity contribution in [1.82, 2.24) is 10.3 Å². The van der Waals surface area contributed by atoms with Gasteiger partial charge in [0.15, 0.2) is 0 Å². The molecule has 1 amide bonds. The zero-order chi connectivity index (χ0) is 20.3. The molecule has 1 aromatic carbocycles. The lowest BCUT2D eigenvalue weighted by Crippen LogP contribution is -2.41. The van der Waals surface area contributed by atoms with Crippen LogP contribution in [0.15, 0.2) is 47.1 Å². The summed E-state index contributed by atoms with van der Waals surface area (Å²) in [4.78, 5) is 18.4. The highest BCUT2D eigenvalue weighted by Crippen LogP contribution is 2.30. The van der Waals surface area contributed by atoms with E-state index in [2.05, 4.69) is 26.2 Å². The molecule has 28 heavy (non-hydrogen) atoms. The SMILES string of the molecule is CC(NC(=O)C1CCN(c2ccc(C(F)(F)F)cn2)CC1)c1ccc(Br)cc1. The summed E-state index contributed by atoms with van der Waals surface area (Å²) in [7, 11) is 0. The van der Waals surface area contributed by atoms with E-state index in [-0.39, 0.29) is 17.9 Å². The molecular formula is C20H21BrF3N3O. The van der Waals surface area contributed by atoms with Gasteiger partial charge in [0, 0.05) is 29.7 Å². The van der Waals surface area contributed by atoms with Crippen LogP contribution in [-0.4, -0.2) is 24.0 Å². The van der Waals surface area contributed by atoms with Crippen LogP contribution in [0.4, 0.5) is 19.0 Å². The van der Waals surface area contributed by atoms with Crippen molar-refractivity contribution in [3.8, 4) is 0 Å². The number of benzene rings is 1. The summed E-state index contributed by atoms with van der Waals surface area (Å²) in [5.41, 5.74) is 0.274. The molecule has 2 heterocycles. The molecule has 0 aliphatic carbocycles. The second-order valence-electron chi connectivity index (χ2n) is 6.95. The second-order valence-corrected chi connectivity index (χ2v) is 7.86. The highest BCUT2D eigenvalue weighted by Gasteiger charge is 2.31. The minimum absolute atomic E-state index is 0.00967. The summed E-state index contributed by atoms with van der Waals surface area (Å²) >= 11 is 3.39. The van der Waals surface area contributed by atoms with Gasteiger partial charge < -0.3 is 10.2 Å². The molecule has 1 unspecified atom stereocenters. The predicted octanol–water partition coefficient (Wildman–Crippen LogP) is 4.96. The number of anilines is 1. The first-order valence-electron chi connectivity index (χ1n) is 9.08. The van der Waals surface area contributed by atoms with Crippen molar-refractivity contribution >= 4 is 27.7 Å². The molecule has 0 bridgehead atoms. The number of halogens is 4. The molecule has 0 radical (unpaired) electrons. The van der Waals surface area contributed by atoms with E-state index in [0.29, 0.717) is 31.7 Å². The first-order valence-corrected chi connectivity index (χ1v) is 9.87. The maximum atomic E-state index is 12.6. The zero-order valence-electron chi connectivity index (χ0n) is 15.3. The number of nitrogens with zero attached hydrogens (tertiary/aromatic N) is 2. The Labute approximate surface area is 170 Å². The van der Waals surface area contributed by atoms with Gasteiger partial charge in [0.25, 0.3) is 0 Å². The van der Waals surface area contributed by atoms with Crippen LogP contribution < -0.4 is 10.2 Å². The summed E-state index contributed by atoms with van der Waals surface area (Å²) in [5, 5.41) is 3.05. The molecule has 1 N–H and O–H groups in total. The highest BCUT2D eigenvalue weighted by molar-refractivity contribution is 9.10. The van der Waals surface area contributed by atoms with Crippen LogP contribution in [0.3, 0.4) is 0 Å². The van der Waals surface area contributed by atoms with Gasteiger partial charge in [-0.25, -0.2) is 4.98 Å². The Hall–Kier alpha value is -2.09. The van der Waals surface area contributed by atoms with Gasteiger partial charge >= 0.3 is 6.18 Å². The number of alkyl halides is 3. The number of hydrogen-bond acceptors (Lipinski definition) is 3. The number of rotatable bonds is 4. The Kier molecular flexibility index (Phi) is 6.27. The van der Waals surface area contributed by atoms with Crippen molar-refractivity contribution in [2.24, 2.45) is 5.92 Å². The Balaban J connectivity index is 1.53. The zero-order valence-corrected chi connectivity index (χ0v) is 16.9. The van der Waals surface area contributed by atoms with E-state index >= 15 is 0 Å². The minimum atomic E-state index is -4.39. The number of carbonyl (C=O) groups is 1. The lowest BCUT2D eigenvalue weighted by atomic mass is 9.95. The van der Waals surface area contributed by atoms with E-state index in [4.69, 9.17) is 0 Å². The third-order valence-corrected chi connectivity index (χ3v) is 5.52. The van der Waals surface area contributed by atoms with Crippen LogP contribution in [0.2, 0.25) is 0 Å². The summed E-state index contributed by atoms with van der Waals surface area (Å²) < 4.78 is 38.9. The smallest absolute Gasteiger partial charge is 0.357 e. The molecule has 2 aromatic rings. The molecule has 1 saturated heterocycles. The van der Waals surface area contributed by atoms with Gasteiger partial charge in [-0.1, -0.05) is 28.1 Å². The van der Waals surface area contributed by atoms with Gasteiger partial charge in [-0.2, -0.15) is 13.2 Å².